The molecule has 0 heterocycles. The first-order chi connectivity index (χ1) is 8.54. The molecular weight excluding hydrogens is 274 g/mol. The Morgan fingerprint density at radius 1 is 1.50 bits per heavy atom. The van der Waals surface area contributed by atoms with Gasteiger partial charge in [0.05, 0.1) is 17.4 Å². The monoisotopic (exact) mass is 289 g/mol. The van der Waals surface area contributed by atoms with Gasteiger partial charge in [0.25, 0.3) is 5.69 Å². The molecule has 0 aliphatic heterocycles. The van der Waals surface area contributed by atoms with Crippen molar-refractivity contribution in [2.24, 2.45) is 0 Å². The van der Waals surface area contributed by atoms with E-state index in [-0.39, 0.29) is 11.6 Å². The molecule has 0 radical (unpaired) electrons. The summed E-state index contributed by atoms with van der Waals surface area (Å²) in [6.07, 6.45) is 0. The third-order valence-corrected chi connectivity index (χ3v) is 3.55. The van der Waals surface area contributed by atoms with Crippen molar-refractivity contribution in [1.82, 2.24) is 0 Å². The van der Waals surface area contributed by atoms with Crippen LogP contribution in [0.4, 0.5) is 5.69 Å². The molecule has 0 N–H and O–H groups in total. The SMILES string of the molecule is CC(C)SCCOc1ccc([N+](=O)[O-])cc1CCl. The lowest BCUT2D eigenvalue weighted by atomic mass is 10.2. The van der Waals surface area contributed by atoms with Gasteiger partial charge in [0.2, 0.25) is 0 Å². The highest BCUT2D eigenvalue weighted by Gasteiger charge is 2.11. The van der Waals surface area contributed by atoms with Crippen LogP contribution in [0.5, 0.6) is 5.75 Å². The van der Waals surface area contributed by atoms with Crippen LogP contribution in [-0.2, 0) is 5.88 Å². The van der Waals surface area contributed by atoms with Gasteiger partial charge in [-0.3, -0.25) is 10.1 Å². The van der Waals surface area contributed by atoms with Crippen molar-refractivity contribution in [3.63, 3.8) is 0 Å². The number of non-ortho nitro benzene ring substituents is 1. The largest absolute Gasteiger partial charge is 0.492 e. The Kier molecular flexibility index (Phi) is 6.29. The van der Waals surface area contributed by atoms with Gasteiger partial charge in [-0.05, 0) is 11.3 Å². The highest BCUT2D eigenvalue weighted by Crippen LogP contribution is 2.26. The van der Waals surface area contributed by atoms with Crippen LogP contribution >= 0.6 is 23.4 Å². The predicted octanol–water partition coefficient (Wildman–Crippen LogP) is 3.85. The Labute approximate surface area is 116 Å². The number of rotatable bonds is 7. The smallest absolute Gasteiger partial charge is 0.270 e. The third kappa shape index (κ3) is 4.74. The Morgan fingerprint density at radius 3 is 2.78 bits per heavy atom. The maximum atomic E-state index is 10.6. The molecule has 0 saturated carbocycles. The maximum Gasteiger partial charge on any atom is 0.270 e. The van der Waals surface area contributed by atoms with Crippen LogP contribution in [0.3, 0.4) is 0 Å². The number of nitro groups is 1. The standard InChI is InChI=1S/C12H16ClNO3S/c1-9(2)18-6-5-17-12-4-3-11(14(15)16)7-10(12)8-13/h3-4,7,9H,5-6,8H2,1-2H3. The van der Waals surface area contributed by atoms with Gasteiger partial charge in [-0.25, -0.2) is 0 Å². The summed E-state index contributed by atoms with van der Waals surface area (Å²) < 4.78 is 5.59. The summed E-state index contributed by atoms with van der Waals surface area (Å²) in [5.74, 6) is 1.71. The van der Waals surface area contributed by atoms with E-state index in [1.165, 1.54) is 12.1 Å². The van der Waals surface area contributed by atoms with Gasteiger partial charge in [-0.15, -0.1) is 11.6 Å². The highest BCUT2D eigenvalue weighted by atomic mass is 35.5. The minimum Gasteiger partial charge on any atom is -0.492 e. The van der Waals surface area contributed by atoms with E-state index in [0.29, 0.717) is 23.2 Å². The number of hydrogen-bond donors (Lipinski definition) is 0. The number of alkyl halides is 1. The second-order valence-corrected chi connectivity index (χ2v) is 5.90. The summed E-state index contributed by atoms with van der Waals surface area (Å²) in [6.45, 7) is 4.83. The lowest BCUT2D eigenvalue weighted by Crippen LogP contribution is -2.04. The zero-order valence-corrected chi connectivity index (χ0v) is 12.0. The molecule has 0 bridgehead atoms. The van der Waals surface area contributed by atoms with Crippen molar-refractivity contribution in [2.45, 2.75) is 25.0 Å². The number of ether oxygens (including phenoxy) is 1. The molecule has 6 heteroatoms. The Morgan fingerprint density at radius 2 is 2.22 bits per heavy atom. The van der Waals surface area contributed by atoms with Crippen LogP contribution in [-0.4, -0.2) is 22.5 Å². The number of halogens is 1. The molecule has 0 fully saturated rings. The van der Waals surface area contributed by atoms with Gasteiger partial charge in [-0.2, -0.15) is 11.8 Å². The molecule has 1 rings (SSSR count). The minimum absolute atomic E-state index is 0.0366. The van der Waals surface area contributed by atoms with E-state index in [0.717, 1.165) is 5.75 Å². The number of benzene rings is 1. The summed E-state index contributed by atoms with van der Waals surface area (Å²) >= 11 is 7.57. The van der Waals surface area contributed by atoms with E-state index in [9.17, 15) is 10.1 Å². The molecule has 0 amide bonds. The first kappa shape index (κ1) is 15.1. The van der Waals surface area contributed by atoms with Gasteiger partial charge in [0.1, 0.15) is 5.75 Å². The summed E-state index contributed by atoms with van der Waals surface area (Å²) in [5, 5.41) is 11.2. The number of hydrogen-bond acceptors (Lipinski definition) is 4. The molecule has 1 aromatic rings. The molecule has 0 aliphatic rings. The normalized spacial score (nSPS) is 10.7. The van der Waals surface area contributed by atoms with Gasteiger partial charge in [-0.1, -0.05) is 13.8 Å². The average Bonchev–Trinajstić information content (AvgIpc) is 2.34. The minimum atomic E-state index is -0.436. The van der Waals surface area contributed by atoms with E-state index >= 15 is 0 Å². The van der Waals surface area contributed by atoms with Crippen LogP contribution in [0.1, 0.15) is 19.4 Å². The molecule has 0 aliphatic carbocycles. The van der Waals surface area contributed by atoms with Crippen molar-refractivity contribution in [1.29, 1.82) is 0 Å². The molecule has 0 atom stereocenters. The van der Waals surface area contributed by atoms with Gasteiger partial charge >= 0.3 is 0 Å². The number of nitro benzene ring substituents is 1. The molecule has 0 aromatic heterocycles. The van der Waals surface area contributed by atoms with E-state index in [2.05, 4.69) is 13.8 Å². The fraction of sp³-hybridized carbons (Fsp3) is 0.500. The molecule has 1 aromatic carbocycles. The summed E-state index contributed by atoms with van der Waals surface area (Å²) in [7, 11) is 0. The second-order valence-electron chi connectivity index (χ2n) is 3.95. The fourth-order valence-corrected chi connectivity index (χ4v) is 2.22. The Hall–Kier alpha value is -0.940. The van der Waals surface area contributed by atoms with E-state index in [4.69, 9.17) is 16.3 Å². The Balaban J connectivity index is 2.62. The van der Waals surface area contributed by atoms with Crippen molar-refractivity contribution in [3.05, 3.63) is 33.9 Å². The van der Waals surface area contributed by atoms with Crippen molar-refractivity contribution >= 4 is 29.1 Å². The molecule has 100 valence electrons. The lowest BCUT2D eigenvalue weighted by molar-refractivity contribution is -0.384. The van der Waals surface area contributed by atoms with Crippen molar-refractivity contribution in [3.8, 4) is 5.75 Å². The average molecular weight is 290 g/mol. The highest BCUT2D eigenvalue weighted by molar-refractivity contribution is 7.99. The first-order valence-electron chi connectivity index (χ1n) is 5.62. The Bertz CT molecular complexity index is 412. The van der Waals surface area contributed by atoms with Crippen molar-refractivity contribution < 1.29 is 9.66 Å². The van der Waals surface area contributed by atoms with Gasteiger partial charge in [0.15, 0.2) is 0 Å². The van der Waals surface area contributed by atoms with Crippen LogP contribution < -0.4 is 4.74 Å². The van der Waals surface area contributed by atoms with E-state index < -0.39 is 4.92 Å². The maximum absolute atomic E-state index is 10.6. The molecule has 4 nitrogen and oxygen atoms in total. The zero-order valence-electron chi connectivity index (χ0n) is 10.4. The van der Waals surface area contributed by atoms with Crippen LogP contribution in [0, 0.1) is 10.1 Å². The van der Waals surface area contributed by atoms with Crippen LogP contribution in [0.15, 0.2) is 18.2 Å². The van der Waals surface area contributed by atoms with E-state index in [1.54, 1.807) is 17.8 Å². The van der Waals surface area contributed by atoms with Crippen molar-refractivity contribution in [2.75, 3.05) is 12.4 Å². The zero-order chi connectivity index (χ0) is 13.5. The molecular formula is C12H16ClNO3S. The lowest BCUT2D eigenvalue weighted by Gasteiger charge is -2.10. The predicted molar refractivity (Wildman–Crippen MR) is 75.7 cm³/mol. The molecule has 0 spiro atoms. The topological polar surface area (TPSA) is 52.4 Å². The van der Waals surface area contributed by atoms with Gasteiger partial charge in [0, 0.05) is 23.4 Å². The summed E-state index contributed by atoms with van der Waals surface area (Å²) in [4.78, 5) is 10.2. The fourth-order valence-electron chi connectivity index (χ4n) is 1.36. The van der Waals surface area contributed by atoms with E-state index in [1.807, 2.05) is 0 Å². The van der Waals surface area contributed by atoms with Gasteiger partial charge < -0.3 is 4.74 Å². The third-order valence-electron chi connectivity index (χ3n) is 2.19. The van der Waals surface area contributed by atoms with Crippen LogP contribution in [0.25, 0.3) is 0 Å². The molecule has 0 saturated heterocycles. The summed E-state index contributed by atoms with van der Waals surface area (Å²) in [5.41, 5.74) is 0.690. The molecule has 18 heavy (non-hydrogen) atoms. The first-order valence-corrected chi connectivity index (χ1v) is 7.20. The number of thioether (sulfide) groups is 1. The number of nitrogens with zero attached hydrogens (tertiary/aromatic N) is 1. The summed E-state index contributed by atoms with van der Waals surface area (Å²) in [6, 6.07) is 4.49. The molecule has 0 unspecified atom stereocenters. The second kappa shape index (κ2) is 7.48. The quantitative estimate of drug-likeness (QED) is 0.331. The van der Waals surface area contributed by atoms with Crippen LogP contribution in [0.2, 0.25) is 0 Å².